The smallest absolute Gasteiger partial charge is 0.159 e. The number of halogens is 2. The molecule has 1 unspecified atom stereocenters. The standard InChI is InChI=1S/C9H16N4OS2.2BrH/c10-8(11)15-6-7-5-12-9(16-7)13-1-3-14-4-2-13;;/h7H,1-6H2,(H3,10,11);2*1H. The Balaban J connectivity index is 0.00000144. The number of ether oxygens (including phenoxy) is 1. The van der Waals surface area contributed by atoms with Gasteiger partial charge in [0.05, 0.1) is 19.8 Å². The number of nitrogens with zero attached hydrogens (tertiary/aromatic N) is 2. The molecule has 0 saturated carbocycles. The molecule has 0 bridgehead atoms. The van der Waals surface area contributed by atoms with E-state index in [1.807, 2.05) is 0 Å². The zero-order chi connectivity index (χ0) is 11.4. The molecule has 0 aromatic rings. The van der Waals surface area contributed by atoms with Crippen molar-refractivity contribution in [3.05, 3.63) is 0 Å². The van der Waals surface area contributed by atoms with Gasteiger partial charge in [0, 0.05) is 24.1 Å². The van der Waals surface area contributed by atoms with Gasteiger partial charge in [0.1, 0.15) is 0 Å². The number of hydrogen-bond acceptors (Lipinski definition) is 6. The SMILES string of the molecule is Br.Br.N=C(N)SCC1CN=C(N2CCOCC2)S1. The summed E-state index contributed by atoms with van der Waals surface area (Å²) in [4.78, 5) is 6.83. The third kappa shape index (κ3) is 5.68. The van der Waals surface area contributed by atoms with Crippen LogP contribution in [0.25, 0.3) is 0 Å². The predicted octanol–water partition coefficient (Wildman–Crippen LogP) is 1.57. The Labute approximate surface area is 137 Å². The van der Waals surface area contributed by atoms with Crippen molar-refractivity contribution in [3.8, 4) is 0 Å². The van der Waals surface area contributed by atoms with Crippen molar-refractivity contribution in [3.63, 3.8) is 0 Å². The Hall–Kier alpha value is 0.560. The molecule has 2 aliphatic heterocycles. The van der Waals surface area contributed by atoms with Crippen LogP contribution in [0.15, 0.2) is 4.99 Å². The van der Waals surface area contributed by atoms with Crippen LogP contribution < -0.4 is 5.73 Å². The monoisotopic (exact) mass is 420 g/mol. The predicted molar refractivity (Wildman–Crippen MR) is 91.1 cm³/mol. The summed E-state index contributed by atoms with van der Waals surface area (Å²) in [5.74, 6) is 0.872. The van der Waals surface area contributed by atoms with E-state index < -0.39 is 0 Å². The summed E-state index contributed by atoms with van der Waals surface area (Å²) in [6.07, 6.45) is 0. The molecule has 1 fully saturated rings. The molecule has 0 amide bonds. The van der Waals surface area contributed by atoms with Gasteiger partial charge in [0.25, 0.3) is 0 Å². The molecule has 3 N–H and O–H groups in total. The number of aliphatic imine (C=N–C) groups is 1. The van der Waals surface area contributed by atoms with Gasteiger partial charge in [-0.2, -0.15) is 0 Å². The highest BCUT2D eigenvalue weighted by molar-refractivity contribution is 8.93. The van der Waals surface area contributed by atoms with Crippen LogP contribution in [0, 0.1) is 5.41 Å². The molecule has 2 aliphatic rings. The molecule has 1 saturated heterocycles. The van der Waals surface area contributed by atoms with E-state index in [1.54, 1.807) is 11.8 Å². The molecular formula is C9H18Br2N4OS2. The summed E-state index contributed by atoms with van der Waals surface area (Å²) >= 11 is 3.21. The zero-order valence-electron chi connectivity index (χ0n) is 9.83. The molecule has 0 aromatic heterocycles. The second-order valence-electron chi connectivity index (χ2n) is 3.64. The number of rotatable bonds is 2. The number of amidine groups is 2. The Bertz CT molecular complexity index is 300. The van der Waals surface area contributed by atoms with Crippen LogP contribution in [0.5, 0.6) is 0 Å². The molecule has 1 atom stereocenters. The maximum Gasteiger partial charge on any atom is 0.159 e. The summed E-state index contributed by atoms with van der Waals surface area (Å²) in [5.41, 5.74) is 5.32. The minimum atomic E-state index is 0. The molecule has 106 valence electrons. The number of nitrogens with two attached hydrogens (primary N) is 1. The van der Waals surface area contributed by atoms with Crippen LogP contribution in [0.3, 0.4) is 0 Å². The van der Waals surface area contributed by atoms with Crippen molar-refractivity contribution < 1.29 is 4.74 Å². The van der Waals surface area contributed by atoms with Crippen LogP contribution in [0.4, 0.5) is 0 Å². The van der Waals surface area contributed by atoms with Crippen LogP contribution >= 0.6 is 57.5 Å². The van der Waals surface area contributed by atoms with Crippen molar-refractivity contribution in [1.29, 1.82) is 5.41 Å². The molecule has 0 aliphatic carbocycles. The van der Waals surface area contributed by atoms with Crippen LogP contribution in [-0.2, 0) is 4.74 Å². The van der Waals surface area contributed by atoms with Gasteiger partial charge in [-0.05, 0) is 0 Å². The lowest BCUT2D eigenvalue weighted by Gasteiger charge is -2.28. The minimum absolute atomic E-state index is 0. The average molecular weight is 422 g/mol. The Morgan fingerprint density at radius 1 is 1.50 bits per heavy atom. The van der Waals surface area contributed by atoms with Crippen molar-refractivity contribution >= 4 is 67.8 Å². The van der Waals surface area contributed by atoms with Crippen LogP contribution in [0.2, 0.25) is 0 Å². The van der Waals surface area contributed by atoms with Gasteiger partial charge in [0.15, 0.2) is 10.3 Å². The van der Waals surface area contributed by atoms with Crippen molar-refractivity contribution in [2.45, 2.75) is 5.25 Å². The van der Waals surface area contributed by atoms with E-state index in [2.05, 4.69) is 9.89 Å². The molecule has 0 spiro atoms. The summed E-state index contributed by atoms with van der Waals surface area (Å²) < 4.78 is 5.31. The van der Waals surface area contributed by atoms with Crippen molar-refractivity contribution in [2.24, 2.45) is 10.7 Å². The third-order valence-corrected chi connectivity index (χ3v) is 4.75. The Kier molecular flexibility index (Phi) is 9.76. The van der Waals surface area contributed by atoms with Gasteiger partial charge < -0.3 is 15.4 Å². The Morgan fingerprint density at radius 2 is 2.17 bits per heavy atom. The van der Waals surface area contributed by atoms with Gasteiger partial charge >= 0.3 is 0 Å². The second kappa shape index (κ2) is 9.46. The number of morpholine rings is 1. The molecule has 0 aromatic carbocycles. The highest BCUT2D eigenvalue weighted by Gasteiger charge is 2.25. The van der Waals surface area contributed by atoms with Crippen LogP contribution in [0.1, 0.15) is 0 Å². The number of hydrogen-bond donors (Lipinski definition) is 2. The molecule has 2 rings (SSSR count). The summed E-state index contributed by atoms with van der Waals surface area (Å²) in [7, 11) is 0. The first-order chi connectivity index (χ1) is 7.75. The maximum absolute atomic E-state index is 7.17. The first kappa shape index (κ1) is 18.6. The van der Waals surface area contributed by atoms with Gasteiger partial charge in [-0.25, -0.2) is 0 Å². The van der Waals surface area contributed by atoms with Gasteiger partial charge in [0.2, 0.25) is 0 Å². The van der Waals surface area contributed by atoms with E-state index >= 15 is 0 Å². The normalized spacial score (nSPS) is 22.8. The van der Waals surface area contributed by atoms with E-state index in [4.69, 9.17) is 15.9 Å². The lowest BCUT2D eigenvalue weighted by Crippen LogP contribution is -2.39. The van der Waals surface area contributed by atoms with E-state index in [0.717, 1.165) is 43.8 Å². The topological polar surface area (TPSA) is 74.7 Å². The fourth-order valence-corrected chi connectivity index (χ4v) is 3.48. The molecule has 5 nitrogen and oxygen atoms in total. The van der Waals surface area contributed by atoms with Gasteiger partial charge in [-0.15, -0.1) is 34.0 Å². The quantitative estimate of drug-likeness (QED) is 0.522. The van der Waals surface area contributed by atoms with Crippen molar-refractivity contribution in [1.82, 2.24) is 4.90 Å². The second-order valence-corrected chi connectivity index (χ2v) is 5.97. The summed E-state index contributed by atoms with van der Waals surface area (Å²) in [5, 5.41) is 8.97. The lowest BCUT2D eigenvalue weighted by molar-refractivity contribution is 0.0693. The summed E-state index contributed by atoms with van der Waals surface area (Å²) in [6.45, 7) is 4.33. The highest BCUT2D eigenvalue weighted by Crippen LogP contribution is 2.26. The largest absolute Gasteiger partial charge is 0.379 e. The van der Waals surface area contributed by atoms with E-state index in [-0.39, 0.29) is 39.1 Å². The molecule has 18 heavy (non-hydrogen) atoms. The molecule has 0 radical (unpaired) electrons. The van der Waals surface area contributed by atoms with E-state index in [1.165, 1.54) is 11.8 Å². The molecule has 9 heteroatoms. The van der Waals surface area contributed by atoms with E-state index in [0.29, 0.717) is 5.25 Å². The van der Waals surface area contributed by atoms with Gasteiger partial charge in [-0.3, -0.25) is 10.4 Å². The zero-order valence-corrected chi connectivity index (χ0v) is 14.9. The van der Waals surface area contributed by atoms with Crippen molar-refractivity contribution in [2.75, 3.05) is 38.6 Å². The number of nitrogens with one attached hydrogen (secondary N) is 1. The third-order valence-electron chi connectivity index (χ3n) is 2.41. The fraction of sp³-hybridized carbons (Fsp3) is 0.778. The van der Waals surface area contributed by atoms with Gasteiger partial charge in [-0.1, -0.05) is 23.5 Å². The first-order valence-corrected chi connectivity index (χ1v) is 7.13. The Morgan fingerprint density at radius 3 is 2.78 bits per heavy atom. The van der Waals surface area contributed by atoms with E-state index in [9.17, 15) is 0 Å². The summed E-state index contributed by atoms with van der Waals surface area (Å²) in [6, 6.07) is 0. The lowest BCUT2D eigenvalue weighted by atomic mass is 10.4. The minimum Gasteiger partial charge on any atom is -0.379 e. The fourth-order valence-electron chi connectivity index (χ4n) is 1.60. The number of thioether (sulfide) groups is 2. The van der Waals surface area contributed by atoms with Crippen LogP contribution in [-0.4, -0.2) is 59.1 Å². The highest BCUT2D eigenvalue weighted by atomic mass is 79.9. The molecule has 2 heterocycles. The molecular weight excluding hydrogens is 404 g/mol. The first-order valence-electron chi connectivity index (χ1n) is 5.26. The average Bonchev–Trinajstić information content (AvgIpc) is 2.76. The maximum atomic E-state index is 7.17.